The van der Waals surface area contributed by atoms with Crippen molar-refractivity contribution in [2.45, 2.75) is 62.7 Å². The first-order valence-corrected chi connectivity index (χ1v) is 11.4. The summed E-state index contributed by atoms with van der Waals surface area (Å²) < 4.78 is 0. The molecule has 4 unspecified atom stereocenters. The summed E-state index contributed by atoms with van der Waals surface area (Å²) in [5.74, 6) is -8.55. The Kier molecular flexibility index (Phi) is 12.9. The molecule has 0 aliphatic heterocycles. The van der Waals surface area contributed by atoms with Gasteiger partial charge in [0.25, 0.3) is 0 Å². The lowest BCUT2D eigenvalue weighted by Crippen LogP contribution is -2.57. The van der Waals surface area contributed by atoms with Crippen LogP contribution in [0.1, 0.15) is 37.7 Å². The van der Waals surface area contributed by atoms with E-state index in [1.54, 1.807) is 30.3 Å². The fourth-order valence-corrected chi connectivity index (χ4v) is 3.20. The van der Waals surface area contributed by atoms with E-state index in [0.717, 1.165) is 0 Å². The molecule has 38 heavy (non-hydrogen) atoms. The molecule has 0 aliphatic rings. The fourth-order valence-electron chi connectivity index (χ4n) is 3.20. The number of nitrogens with one attached hydrogen (secondary N) is 3. The maximum atomic E-state index is 13.0. The molecule has 0 spiro atoms. The normalized spacial score (nSPS) is 13.7. The molecule has 0 aliphatic carbocycles. The van der Waals surface area contributed by atoms with E-state index in [1.165, 1.54) is 0 Å². The maximum Gasteiger partial charge on any atom is 0.326 e. The average Bonchev–Trinajstić information content (AvgIpc) is 2.83. The van der Waals surface area contributed by atoms with Gasteiger partial charge in [-0.05, 0) is 18.4 Å². The number of rotatable bonds is 17. The van der Waals surface area contributed by atoms with Gasteiger partial charge < -0.3 is 42.1 Å². The van der Waals surface area contributed by atoms with E-state index in [-0.39, 0.29) is 12.8 Å². The second kappa shape index (κ2) is 15.6. The number of nitrogens with two attached hydrogens (primary N) is 1. The molecule has 1 rings (SSSR count). The molecule has 1 aromatic rings. The highest BCUT2D eigenvalue weighted by Gasteiger charge is 2.31. The Bertz CT molecular complexity index is 1030. The number of aliphatic carboxylic acids is 4. The number of carbonyl (C=O) groups excluding carboxylic acids is 3. The monoisotopic (exact) mass is 538 g/mol. The van der Waals surface area contributed by atoms with Crippen LogP contribution in [0.15, 0.2) is 30.3 Å². The SMILES string of the molecule is NC(CCC(=O)O)C(=O)NC(CCC(=O)O)C(=O)NC(Cc1ccccc1)C(=O)NC(CC(=O)O)C(=O)O. The summed E-state index contributed by atoms with van der Waals surface area (Å²) in [6, 6.07) is 2.16. The minimum atomic E-state index is -1.80. The zero-order valence-electron chi connectivity index (χ0n) is 20.2. The number of hydrogen-bond donors (Lipinski definition) is 8. The molecular weight excluding hydrogens is 508 g/mol. The highest BCUT2D eigenvalue weighted by molar-refractivity contribution is 5.95. The first-order valence-electron chi connectivity index (χ1n) is 11.4. The minimum Gasteiger partial charge on any atom is -0.481 e. The van der Waals surface area contributed by atoms with Crippen molar-refractivity contribution in [3.8, 4) is 0 Å². The van der Waals surface area contributed by atoms with Crippen LogP contribution in [0.4, 0.5) is 0 Å². The van der Waals surface area contributed by atoms with Crippen molar-refractivity contribution in [2.24, 2.45) is 5.73 Å². The second-order valence-electron chi connectivity index (χ2n) is 8.28. The average molecular weight is 539 g/mol. The van der Waals surface area contributed by atoms with E-state index < -0.39 is 91.4 Å². The van der Waals surface area contributed by atoms with Gasteiger partial charge in [0.05, 0.1) is 12.5 Å². The summed E-state index contributed by atoms with van der Waals surface area (Å²) in [5.41, 5.74) is 6.19. The Morgan fingerprint density at radius 3 is 1.68 bits per heavy atom. The first kappa shape index (κ1) is 31.5. The lowest BCUT2D eigenvalue weighted by Gasteiger charge is -2.25. The molecule has 0 bridgehead atoms. The van der Waals surface area contributed by atoms with E-state index in [1.807, 2.05) is 0 Å². The Morgan fingerprint density at radius 2 is 1.16 bits per heavy atom. The van der Waals surface area contributed by atoms with Gasteiger partial charge in [-0.25, -0.2) is 4.79 Å². The summed E-state index contributed by atoms with van der Waals surface area (Å²) in [5, 5.41) is 42.6. The third-order valence-electron chi connectivity index (χ3n) is 5.19. The molecule has 0 saturated carbocycles. The minimum absolute atomic E-state index is 0.157. The molecule has 15 nitrogen and oxygen atoms in total. The predicted molar refractivity (Wildman–Crippen MR) is 128 cm³/mol. The first-order chi connectivity index (χ1) is 17.8. The van der Waals surface area contributed by atoms with Crippen molar-refractivity contribution in [3.05, 3.63) is 35.9 Å². The Hall–Kier alpha value is -4.53. The maximum absolute atomic E-state index is 13.0. The van der Waals surface area contributed by atoms with E-state index >= 15 is 0 Å². The van der Waals surface area contributed by atoms with Crippen LogP contribution in [0.25, 0.3) is 0 Å². The van der Waals surface area contributed by atoms with Crippen LogP contribution in [0, 0.1) is 0 Å². The van der Waals surface area contributed by atoms with Crippen molar-refractivity contribution < 1.29 is 54.0 Å². The van der Waals surface area contributed by atoms with Gasteiger partial charge in [-0.1, -0.05) is 30.3 Å². The molecule has 0 radical (unpaired) electrons. The molecule has 0 heterocycles. The summed E-state index contributed by atoms with van der Waals surface area (Å²) in [6.07, 6.45) is -2.74. The van der Waals surface area contributed by atoms with Crippen LogP contribution in [-0.2, 0) is 40.0 Å². The topological polar surface area (TPSA) is 263 Å². The number of hydrogen-bond acceptors (Lipinski definition) is 8. The van der Waals surface area contributed by atoms with Crippen LogP contribution in [0.3, 0.4) is 0 Å². The molecule has 9 N–H and O–H groups in total. The zero-order chi connectivity index (χ0) is 28.8. The molecule has 4 atom stereocenters. The quantitative estimate of drug-likeness (QED) is 0.110. The van der Waals surface area contributed by atoms with Gasteiger partial charge in [-0.15, -0.1) is 0 Å². The van der Waals surface area contributed by atoms with Crippen molar-refractivity contribution >= 4 is 41.6 Å². The third-order valence-corrected chi connectivity index (χ3v) is 5.19. The molecule has 15 heteroatoms. The number of carbonyl (C=O) groups is 7. The third kappa shape index (κ3) is 11.9. The summed E-state index contributed by atoms with van der Waals surface area (Å²) in [4.78, 5) is 82.5. The van der Waals surface area contributed by atoms with Crippen LogP contribution < -0.4 is 21.7 Å². The van der Waals surface area contributed by atoms with E-state index in [4.69, 9.17) is 21.1 Å². The number of benzene rings is 1. The Morgan fingerprint density at radius 1 is 0.658 bits per heavy atom. The van der Waals surface area contributed by atoms with Gasteiger partial charge in [0, 0.05) is 19.3 Å². The van der Waals surface area contributed by atoms with Crippen molar-refractivity contribution in [1.29, 1.82) is 0 Å². The predicted octanol–water partition coefficient (Wildman–Crippen LogP) is -1.70. The van der Waals surface area contributed by atoms with Crippen molar-refractivity contribution in [3.63, 3.8) is 0 Å². The molecule has 0 aromatic heterocycles. The second-order valence-corrected chi connectivity index (χ2v) is 8.28. The van der Waals surface area contributed by atoms with Crippen LogP contribution >= 0.6 is 0 Å². The van der Waals surface area contributed by atoms with E-state index in [9.17, 15) is 38.7 Å². The summed E-state index contributed by atoms with van der Waals surface area (Å²) >= 11 is 0. The van der Waals surface area contributed by atoms with Gasteiger partial charge in [0.1, 0.15) is 18.1 Å². The van der Waals surface area contributed by atoms with Gasteiger partial charge in [0.2, 0.25) is 17.7 Å². The molecule has 1 aromatic carbocycles. The summed E-state index contributed by atoms with van der Waals surface area (Å²) in [7, 11) is 0. The van der Waals surface area contributed by atoms with E-state index in [2.05, 4.69) is 16.0 Å². The highest BCUT2D eigenvalue weighted by Crippen LogP contribution is 2.07. The molecule has 0 fully saturated rings. The lowest BCUT2D eigenvalue weighted by molar-refractivity contribution is -0.147. The van der Waals surface area contributed by atoms with Crippen LogP contribution in [0.2, 0.25) is 0 Å². The number of amides is 3. The van der Waals surface area contributed by atoms with Crippen molar-refractivity contribution in [2.75, 3.05) is 0 Å². The largest absolute Gasteiger partial charge is 0.481 e. The molecule has 0 saturated heterocycles. The Labute approximate surface area is 216 Å². The molecule has 208 valence electrons. The molecule has 3 amide bonds. The lowest BCUT2D eigenvalue weighted by atomic mass is 10.0. The van der Waals surface area contributed by atoms with Crippen molar-refractivity contribution in [1.82, 2.24) is 16.0 Å². The van der Waals surface area contributed by atoms with Crippen LogP contribution in [-0.4, -0.2) is 86.2 Å². The number of carboxylic acids is 4. The Balaban J connectivity index is 3.13. The molecular formula is C23H30N4O11. The smallest absolute Gasteiger partial charge is 0.326 e. The van der Waals surface area contributed by atoms with Gasteiger partial charge in [-0.2, -0.15) is 0 Å². The van der Waals surface area contributed by atoms with Crippen LogP contribution in [0.5, 0.6) is 0 Å². The standard InChI is InChI=1S/C23H30N4O11/c24-13(6-8-17(28)29)20(34)25-14(7-9-18(30)31)21(35)26-15(10-12-4-2-1-3-5-12)22(36)27-16(23(37)38)11-19(32)33/h1-5,13-16H,6-11,24H2,(H,25,34)(H,26,35)(H,27,36)(H,28,29)(H,30,31)(H,32,33)(H,37,38). The van der Waals surface area contributed by atoms with Gasteiger partial charge in [-0.3, -0.25) is 28.8 Å². The fraction of sp³-hybridized carbons (Fsp3) is 0.435. The van der Waals surface area contributed by atoms with E-state index in [0.29, 0.717) is 5.56 Å². The van der Waals surface area contributed by atoms with Gasteiger partial charge >= 0.3 is 23.9 Å². The summed E-state index contributed by atoms with van der Waals surface area (Å²) in [6.45, 7) is 0. The number of carboxylic acid groups (broad SMARTS) is 4. The van der Waals surface area contributed by atoms with Gasteiger partial charge in [0.15, 0.2) is 0 Å². The zero-order valence-corrected chi connectivity index (χ0v) is 20.2. The highest BCUT2D eigenvalue weighted by atomic mass is 16.4.